The summed E-state index contributed by atoms with van der Waals surface area (Å²) in [6.07, 6.45) is 2.29. The Morgan fingerprint density at radius 3 is 2.30 bits per heavy atom. The van der Waals surface area contributed by atoms with Gasteiger partial charge in [0.1, 0.15) is 5.92 Å². The van der Waals surface area contributed by atoms with Gasteiger partial charge >= 0.3 is 0 Å². The summed E-state index contributed by atoms with van der Waals surface area (Å²) in [5, 5.41) is 2.76. The van der Waals surface area contributed by atoms with E-state index >= 15 is 0 Å². The number of carbonyl (C=O) groups excluding carboxylic acids is 1. The molecule has 0 aromatic heterocycles. The molecule has 0 spiro atoms. The first kappa shape index (κ1) is 14.8. The highest BCUT2D eigenvalue weighted by Crippen LogP contribution is 2.26. The standard InChI is InChI=1S/C15H20F2N2O/c16-14(17)13(10-6-8-11(18)9-7-10)15(20)19-12-4-2-1-3-5-12/h6-9,12-14H,1-5,18H2,(H,19,20). The molecule has 0 saturated heterocycles. The zero-order valence-electron chi connectivity index (χ0n) is 11.3. The lowest BCUT2D eigenvalue weighted by Crippen LogP contribution is -2.41. The van der Waals surface area contributed by atoms with Crippen LogP contribution in [0.15, 0.2) is 24.3 Å². The largest absolute Gasteiger partial charge is 0.399 e. The summed E-state index contributed by atoms with van der Waals surface area (Å²) in [6.45, 7) is 0. The van der Waals surface area contributed by atoms with Crippen molar-refractivity contribution in [2.75, 3.05) is 5.73 Å². The van der Waals surface area contributed by atoms with Gasteiger partial charge in [0.2, 0.25) is 5.91 Å². The van der Waals surface area contributed by atoms with Crippen LogP contribution >= 0.6 is 0 Å². The Morgan fingerprint density at radius 1 is 1.15 bits per heavy atom. The first-order valence-corrected chi connectivity index (χ1v) is 7.02. The number of alkyl halides is 2. The molecule has 1 aromatic carbocycles. The molecule has 1 amide bonds. The molecule has 5 heteroatoms. The van der Waals surface area contributed by atoms with Crippen molar-refractivity contribution in [2.24, 2.45) is 0 Å². The van der Waals surface area contributed by atoms with Gasteiger partial charge in [-0.1, -0.05) is 31.4 Å². The molecule has 1 aliphatic rings. The average Bonchev–Trinajstić information content (AvgIpc) is 2.42. The van der Waals surface area contributed by atoms with Gasteiger partial charge in [0.25, 0.3) is 6.43 Å². The quantitative estimate of drug-likeness (QED) is 0.834. The van der Waals surface area contributed by atoms with E-state index in [-0.39, 0.29) is 6.04 Å². The van der Waals surface area contributed by atoms with Crippen LogP contribution in [0, 0.1) is 0 Å². The summed E-state index contributed by atoms with van der Waals surface area (Å²) in [7, 11) is 0. The molecule has 1 atom stereocenters. The van der Waals surface area contributed by atoms with Crippen molar-refractivity contribution in [3.8, 4) is 0 Å². The van der Waals surface area contributed by atoms with Crippen LogP contribution in [0.5, 0.6) is 0 Å². The predicted molar refractivity (Wildman–Crippen MR) is 74.6 cm³/mol. The Bertz CT molecular complexity index is 442. The second-order valence-corrected chi connectivity index (χ2v) is 5.32. The number of carbonyl (C=O) groups is 1. The lowest BCUT2D eigenvalue weighted by molar-refractivity contribution is -0.126. The fourth-order valence-corrected chi connectivity index (χ4v) is 2.65. The molecule has 1 aliphatic carbocycles. The van der Waals surface area contributed by atoms with Crippen LogP contribution < -0.4 is 11.1 Å². The highest BCUT2D eigenvalue weighted by atomic mass is 19.3. The maximum absolute atomic E-state index is 13.2. The number of nitrogen functional groups attached to an aromatic ring is 1. The highest BCUT2D eigenvalue weighted by molar-refractivity contribution is 5.84. The smallest absolute Gasteiger partial charge is 0.254 e. The molecule has 20 heavy (non-hydrogen) atoms. The summed E-state index contributed by atoms with van der Waals surface area (Å²) >= 11 is 0. The van der Waals surface area contributed by atoms with Gasteiger partial charge in [-0.15, -0.1) is 0 Å². The maximum Gasteiger partial charge on any atom is 0.254 e. The predicted octanol–water partition coefficient (Wildman–Crippen LogP) is 3.07. The zero-order valence-corrected chi connectivity index (χ0v) is 11.3. The van der Waals surface area contributed by atoms with Crippen molar-refractivity contribution >= 4 is 11.6 Å². The molecule has 1 unspecified atom stereocenters. The zero-order chi connectivity index (χ0) is 14.5. The Morgan fingerprint density at radius 2 is 1.75 bits per heavy atom. The molecular weight excluding hydrogens is 262 g/mol. The molecule has 1 fully saturated rings. The monoisotopic (exact) mass is 282 g/mol. The van der Waals surface area contributed by atoms with Crippen molar-refractivity contribution in [1.29, 1.82) is 0 Å². The topological polar surface area (TPSA) is 55.1 Å². The minimum absolute atomic E-state index is 0.0336. The first-order chi connectivity index (χ1) is 9.58. The first-order valence-electron chi connectivity index (χ1n) is 7.02. The van der Waals surface area contributed by atoms with Gasteiger partial charge in [-0.25, -0.2) is 8.78 Å². The van der Waals surface area contributed by atoms with E-state index in [4.69, 9.17) is 5.73 Å². The van der Waals surface area contributed by atoms with Crippen molar-refractivity contribution in [1.82, 2.24) is 5.32 Å². The summed E-state index contributed by atoms with van der Waals surface area (Å²) < 4.78 is 26.4. The van der Waals surface area contributed by atoms with Crippen molar-refractivity contribution < 1.29 is 13.6 Å². The summed E-state index contributed by atoms with van der Waals surface area (Å²) in [6, 6.07) is 6.10. The van der Waals surface area contributed by atoms with Gasteiger partial charge in [-0.05, 0) is 30.5 Å². The third-order valence-corrected chi connectivity index (χ3v) is 3.78. The number of nitrogens with one attached hydrogen (secondary N) is 1. The SMILES string of the molecule is Nc1ccc(C(C(=O)NC2CCCCC2)C(F)F)cc1. The minimum atomic E-state index is -2.72. The van der Waals surface area contributed by atoms with Gasteiger partial charge in [0.05, 0.1) is 0 Å². The number of halogens is 2. The van der Waals surface area contributed by atoms with Crippen LogP contribution in [-0.4, -0.2) is 18.4 Å². The van der Waals surface area contributed by atoms with Crippen LogP contribution in [0.4, 0.5) is 14.5 Å². The maximum atomic E-state index is 13.2. The van der Waals surface area contributed by atoms with E-state index in [9.17, 15) is 13.6 Å². The normalized spacial score (nSPS) is 17.9. The molecule has 0 radical (unpaired) electrons. The molecule has 1 saturated carbocycles. The second kappa shape index (κ2) is 6.68. The molecule has 110 valence electrons. The minimum Gasteiger partial charge on any atom is -0.399 e. The van der Waals surface area contributed by atoms with Gasteiger partial charge in [0.15, 0.2) is 0 Å². The third kappa shape index (κ3) is 3.68. The number of nitrogens with two attached hydrogens (primary N) is 1. The Kier molecular flexibility index (Phi) is 4.93. The Labute approximate surface area is 117 Å². The Balaban J connectivity index is 2.07. The molecule has 0 bridgehead atoms. The van der Waals surface area contributed by atoms with Crippen LogP contribution in [0.25, 0.3) is 0 Å². The highest BCUT2D eigenvalue weighted by Gasteiger charge is 2.31. The molecule has 3 N–H and O–H groups in total. The molecule has 0 aliphatic heterocycles. The van der Waals surface area contributed by atoms with Gasteiger partial charge in [-0.2, -0.15) is 0 Å². The van der Waals surface area contributed by atoms with Crippen LogP contribution in [0.3, 0.4) is 0 Å². The van der Waals surface area contributed by atoms with E-state index in [2.05, 4.69) is 5.32 Å². The lowest BCUT2D eigenvalue weighted by atomic mass is 9.93. The van der Waals surface area contributed by atoms with Crippen LogP contribution in [0.2, 0.25) is 0 Å². The molecule has 0 heterocycles. The van der Waals surface area contributed by atoms with Crippen LogP contribution in [0.1, 0.15) is 43.6 Å². The van der Waals surface area contributed by atoms with Crippen molar-refractivity contribution in [3.63, 3.8) is 0 Å². The van der Waals surface area contributed by atoms with Gasteiger partial charge in [-0.3, -0.25) is 4.79 Å². The number of rotatable bonds is 4. The van der Waals surface area contributed by atoms with E-state index in [0.717, 1.165) is 32.1 Å². The summed E-state index contributed by atoms with van der Waals surface area (Å²) in [4.78, 5) is 12.1. The van der Waals surface area contributed by atoms with E-state index in [0.29, 0.717) is 11.3 Å². The summed E-state index contributed by atoms with van der Waals surface area (Å²) in [5.41, 5.74) is 6.34. The molecule has 2 rings (SSSR count). The van der Waals surface area contributed by atoms with E-state index in [1.54, 1.807) is 12.1 Å². The number of hydrogen-bond donors (Lipinski definition) is 2. The van der Waals surface area contributed by atoms with E-state index in [1.807, 2.05) is 0 Å². The molecular formula is C15H20F2N2O. The lowest BCUT2D eigenvalue weighted by Gasteiger charge is -2.25. The van der Waals surface area contributed by atoms with Gasteiger partial charge in [0, 0.05) is 11.7 Å². The number of benzene rings is 1. The van der Waals surface area contributed by atoms with E-state index < -0.39 is 18.3 Å². The molecule has 3 nitrogen and oxygen atoms in total. The second-order valence-electron chi connectivity index (χ2n) is 5.32. The summed E-state index contributed by atoms with van der Waals surface area (Å²) in [5.74, 6) is -2.01. The van der Waals surface area contributed by atoms with Gasteiger partial charge < -0.3 is 11.1 Å². The number of hydrogen-bond acceptors (Lipinski definition) is 2. The fourth-order valence-electron chi connectivity index (χ4n) is 2.65. The Hall–Kier alpha value is -1.65. The number of anilines is 1. The average molecular weight is 282 g/mol. The van der Waals surface area contributed by atoms with Crippen molar-refractivity contribution in [3.05, 3.63) is 29.8 Å². The number of amides is 1. The molecule has 1 aromatic rings. The van der Waals surface area contributed by atoms with Crippen LogP contribution in [-0.2, 0) is 4.79 Å². The van der Waals surface area contributed by atoms with Crippen molar-refractivity contribution in [2.45, 2.75) is 50.5 Å². The van der Waals surface area contributed by atoms with E-state index in [1.165, 1.54) is 12.1 Å². The third-order valence-electron chi connectivity index (χ3n) is 3.78. The fraction of sp³-hybridized carbons (Fsp3) is 0.533.